The van der Waals surface area contributed by atoms with Crippen molar-refractivity contribution in [2.45, 2.75) is 38.7 Å². The number of pyridine rings is 1. The number of benzene rings is 2. The zero-order valence-corrected chi connectivity index (χ0v) is 19.8. The number of anilines is 2. The molecule has 0 aliphatic heterocycles. The average molecular weight is 496 g/mol. The van der Waals surface area contributed by atoms with E-state index in [1.165, 1.54) is 6.07 Å². The molecular weight excluding hydrogens is 470 g/mol. The third kappa shape index (κ3) is 6.40. The normalized spacial score (nSPS) is 12.1. The van der Waals surface area contributed by atoms with Crippen LogP contribution in [-0.4, -0.2) is 22.5 Å². The van der Waals surface area contributed by atoms with Gasteiger partial charge < -0.3 is 15.8 Å². The molecule has 166 valence electrons. The molecular formula is C25H26BrN3O3. The van der Waals surface area contributed by atoms with Crippen molar-refractivity contribution in [1.29, 1.82) is 0 Å². The molecule has 0 aliphatic rings. The number of amides is 1. The van der Waals surface area contributed by atoms with E-state index in [0.29, 0.717) is 23.4 Å². The Kier molecular flexibility index (Phi) is 7.30. The summed E-state index contributed by atoms with van der Waals surface area (Å²) in [4.78, 5) is 30.0. The van der Waals surface area contributed by atoms with Crippen LogP contribution in [0.1, 0.15) is 48.3 Å². The molecule has 7 heteroatoms. The Hall–Kier alpha value is -3.19. The van der Waals surface area contributed by atoms with E-state index >= 15 is 0 Å². The molecule has 1 unspecified atom stereocenters. The third-order valence-electron chi connectivity index (χ3n) is 4.65. The van der Waals surface area contributed by atoms with Gasteiger partial charge in [0.2, 0.25) is 5.91 Å². The van der Waals surface area contributed by atoms with Crippen LogP contribution >= 0.6 is 15.9 Å². The van der Waals surface area contributed by atoms with Gasteiger partial charge in [-0.25, -0.2) is 4.79 Å². The van der Waals surface area contributed by atoms with E-state index in [4.69, 9.17) is 10.5 Å². The molecule has 0 bridgehead atoms. The molecule has 1 amide bonds. The van der Waals surface area contributed by atoms with E-state index in [0.717, 1.165) is 10.0 Å². The molecule has 0 spiro atoms. The van der Waals surface area contributed by atoms with Crippen molar-refractivity contribution in [2.24, 2.45) is 0 Å². The molecule has 1 heterocycles. The molecule has 3 N–H and O–H groups in total. The highest BCUT2D eigenvalue weighted by atomic mass is 79.9. The molecule has 6 nitrogen and oxygen atoms in total. The lowest BCUT2D eigenvalue weighted by molar-refractivity contribution is -0.117. The highest BCUT2D eigenvalue weighted by molar-refractivity contribution is 9.10. The highest BCUT2D eigenvalue weighted by Gasteiger charge is 2.24. The molecule has 3 rings (SSSR count). The van der Waals surface area contributed by atoms with E-state index in [2.05, 4.69) is 26.2 Å². The zero-order chi connectivity index (χ0) is 23.3. The summed E-state index contributed by atoms with van der Waals surface area (Å²) < 4.78 is 6.21. The second kappa shape index (κ2) is 9.96. The van der Waals surface area contributed by atoms with Crippen molar-refractivity contribution >= 4 is 39.2 Å². The summed E-state index contributed by atoms with van der Waals surface area (Å²) in [5, 5.41) is 2.89. The number of hydrogen-bond acceptors (Lipinski definition) is 5. The lowest BCUT2D eigenvalue weighted by atomic mass is 9.94. The van der Waals surface area contributed by atoms with E-state index < -0.39 is 17.5 Å². The Labute approximate surface area is 196 Å². The number of carbonyl (C=O) groups is 2. The maximum absolute atomic E-state index is 13.3. The summed E-state index contributed by atoms with van der Waals surface area (Å²) in [7, 11) is 0. The number of ether oxygens (including phenoxy) is 1. The SMILES string of the molecule is CC(C)(C)OC(=O)c1ccc(NC(=O)C(Cc2ccccc2)c2ccc(Br)cn2)c(N)c1. The van der Waals surface area contributed by atoms with E-state index in [1.807, 2.05) is 42.5 Å². The lowest BCUT2D eigenvalue weighted by Crippen LogP contribution is -2.25. The quantitative estimate of drug-likeness (QED) is 0.355. The first-order valence-electron chi connectivity index (χ1n) is 10.2. The number of halogens is 1. The van der Waals surface area contributed by atoms with E-state index in [9.17, 15) is 9.59 Å². The minimum atomic E-state index is -0.610. The second-order valence-corrected chi connectivity index (χ2v) is 9.35. The summed E-state index contributed by atoms with van der Waals surface area (Å²) in [5.41, 5.74) is 8.23. The molecule has 2 aromatic carbocycles. The number of nitrogens with zero attached hydrogens (tertiary/aromatic N) is 1. The first-order chi connectivity index (χ1) is 15.1. The second-order valence-electron chi connectivity index (χ2n) is 8.44. The third-order valence-corrected chi connectivity index (χ3v) is 5.12. The molecule has 3 aromatic rings. The molecule has 1 aromatic heterocycles. The van der Waals surface area contributed by atoms with Crippen LogP contribution in [0.3, 0.4) is 0 Å². The largest absolute Gasteiger partial charge is 0.456 e. The Balaban J connectivity index is 1.82. The van der Waals surface area contributed by atoms with Gasteiger partial charge in [-0.05, 0) is 79.0 Å². The van der Waals surface area contributed by atoms with Gasteiger partial charge in [-0.15, -0.1) is 0 Å². The number of carbonyl (C=O) groups excluding carboxylic acids is 2. The fourth-order valence-corrected chi connectivity index (χ4v) is 3.37. The van der Waals surface area contributed by atoms with E-state index in [1.54, 1.807) is 39.1 Å². The topological polar surface area (TPSA) is 94.3 Å². The van der Waals surface area contributed by atoms with Crippen molar-refractivity contribution < 1.29 is 14.3 Å². The molecule has 0 radical (unpaired) electrons. The molecule has 0 aliphatic carbocycles. The molecule has 0 fully saturated rings. The number of nitrogen functional groups attached to an aromatic ring is 1. The fourth-order valence-electron chi connectivity index (χ4n) is 3.14. The number of nitrogens with one attached hydrogen (secondary N) is 1. The number of aromatic nitrogens is 1. The maximum Gasteiger partial charge on any atom is 0.338 e. The summed E-state index contributed by atoms with van der Waals surface area (Å²) >= 11 is 3.38. The van der Waals surface area contributed by atoms with Gasteiger partial charge in [-0.2, -0.15) is 0 Å². The molecule has 0 saturated carbocycles. The minimum Gasteiger partial charge on any atom is -0.456 e. The van der Waals surface area contributed by atoms with Crippen LogP contribution in [0.15, 0.2) is 71.3 Å². The van der Waals surface area contributed by atoms with Gasteiger partial charge in [-0.1, -0.05) is 30.3 Å². The smallest absolute Gasteiger partial charge is 0.338 e. The van der Waals surface area contributed by atoms with Crippen LogP contribution in [0.25, 0.3) is 0 Å². The highest BCUT2D eigenvalue weighted by Crippen LogP contribution is 2.26. The van der Waals surface area contributed by atoms with Crippen LogP contribution in [0.2, 0.25) is 0 Å². The van der Waals surface area contributed by atoms with Gasteiger partial charge >= 0.3 is 5.97 Å². The van der Waals surface area contributed by atoms with Crippen LogP contribution in [-0.2, 0) is 16.0 Å². The van der Waals surface area contributed by atoms with Gasteiger partial charge in [0.1, 0.15) is 5.60 Å². The number of esters is 1. The minimum absolute atomic E-state index is 0.236. The summed E-state index contributed by atoms with van der Waals surface area (Å²) in [5.74, 6) is -1.22. The summed E-state index contributed by atoms with van der Waals surface area (Å²) in [6.07, 6.45) is 2.15. The van der Waals surface area contributed by atoms with Crippen LogP contribution in [0, 0.1) is 0 Å². The van der Waals surface area contributed by atoms with Gasteiger partial charge in [0.25, 0.3) is 0 Å². The Morgan fingerprint density at radius 1 is 1.09 bits per heavy atom. The van der Waals surface area contributed by atoms with Gasteiger partial charge in [0, 0.05) is 10.7 Å². The number of nitrogens with two attached hydrogens (primary N) is 1. The van der Waals surface area contributed by atoms with Gasteiger partial charge in [0.05, 0.1) is 28.6 Å². The predicted octanol–water partition coefficient (Wildman–Crippen LogP) is 5.35. The van der Waals surface area contributed by atoms with Crippen LogP contribution in [0.4, 0.5) is 11.4 Å². The fraction of sp³-hybridized carbons (Fsp3) is 0.240. The van der Waals surface area contributed by atoms with Gasteiger partial charge in [0.15, 0.2) is 0 Å². The Morgan fingerprint density at radius 3 is 2.41 bits per heavy atom. The Morgan fingerprint density at radius 2 is 1.81 bits per heavy atom. The van der Waals surface area contributed by atoms with Crippen LogP contribution in [0.5, 0.6) is 0 Å². The van der Waals surface area contributed by atoms with Crippen molar-refractivity contribution in [3.63, 3.8) is 0 Å². The van der Waals surface area contributed by atoms with Crippen molar-refractivity contribution in [1.82, 2.24) is 4.98 Å². The zero-order valence-electron chi connectivity index (χ0n) is 18.3. The number of rotatable bonds is 6. The first kappa shape index (κ1) is 23.5. The van der Waals surface area contributed by atoms with Crippen molar-refractivity contribution in [3.8, 4) is 0 Å². The Bertz CT molecular complexity index is 1090. The molecule has 1 atom stereocenters. The number of hydrogen-bond donors (Lipinski definition) is 2. The van der Waals surface area contributed by atoms with Crippen molar-refractivity contribution in [3.05, 3.63) is 88.2 Å². The summed E-state index contributed by atoms with van der Waals surface area (Å²) in [6.45, 7) is 5.39. The first-order valence-corrected chi connectivity index (χ1v) is 11.0. The monoisotopic (exact) mass is 495 g/mol. The maximum atomic E-state index is 13.3. The predicted molar refractivity (Wildman–Crippen MR) is 129 cm³/mol. The standard InChI is InChI=1S/C25H26BrN3O3/c1-25(2,3)32-24(31)17-9-11-22(20(27)14-17)29-23(30)19(13-16-7-5-4-6-8-16)21-12-10-18(26)15-28-21/h4-12,14-15,19H,13,27H2,1-3H3,(H,29,30). The lowest BCUT2D eigenvalue weighted by Gasteiger charge is -2.20. The molecule has 0 saturated heterocycles. The molecule has 32 heavy (non-hydrogen) atoms. The van der Waals surface area contributed by atoms with Crippen molar-refractivity contribution in [2.75, 3.05) is 11.1 Å². The summed E-state index contributed by atoms with van der Waals surface area (Å²) in [6, 6.07) is 18.2. The van der Waals surface area contributed by atoms with E-state index in [-0.39, 0.29) is 11.6 Å². The average Bonchev–Trinajstić information content (AvgIpc) is 2.73. The van der Waals surface area contributed by atoms with Crippen LogP contribution < -0.4 is 11.1 Å². The van der Waals surface area contributed by atoms with Gasteiger partial charge in [-0.3, -0.25) is 9.78 Å².